The zero-order valence-electron chi connectivity index (χ0n) is 10.1. The van der Waals surface area contributed by atoms with Crippen LogP contribution in [0.2, 0.25) is 0 Å². The third-order valence-corrected chi connectivity index (χ3v) is 3.07. The van der Waals surface area contributed by atoms with Crippen molar-refractivity contribution < 1.29 is 21.1 Å². The van der Waals surface area contributed by atoms with Crippen LogP contribution in [0, 0.1) is 28.6 Å². The van der Waals surface area contributed by atoms with Gasteiger partial charge in [0.2, 0.25) is 0 Å². The topological polar surface area (TPSA) is 0 Å². The summed E-state index contributed by atoms with van der Waals surface area (Å²) in [6.45, 7) is 16.4. The molecule has 78 valence electrons. The third kappa shape index (κ3) is 2.82. The van der Waals surface area contributed by atoms with E-state index in [1.54, 1.807) is 5.92 Å². The van der Waals surface area contributed by atoms with Crippen molar-refractivity contribution in [3.05, 3.63) is 5.92 Å². The smallest absolute Gasteiger partial charge is 0 e. The molecule has 1 aliphatic carbocycles. The molecule has 1 fully saturated rings. The fourth-order valence-corrected chi connectivity index (χ4v) is 2.75. The van der Waals surface area contributed by atoms with Crippen molar-refractivity contribution in [1.29, 1.82) is 0 Å². The molecule has 0 amide bonds. The molecule has 0 aromatic heterocycles. The van der Waals surface area contributed by atoms with Crippen LogP contribution in [-0.2, 0) is 21.1 Å². The second kappa shape index (κ2) is 3.69. The van der Waals surface area contributed by atoms with Crippen molar-refractivity contribution in [2.45, 2.75) is 48.5 Å². The summed E-state index contributed by atoms with van der Waals surface area (Å²) >= 11 is 0. The molecule has 0 aromatic carbocycles. The van der Waals surface area contributed by atoms with Gasteiger partial charge in [-0.2, -0.15) is 18.8 Å². The molecule has 2 atom stereocenters. The summed E-state index contributed by atoms with van der Waals surface area (Å²) in [6, 6.07) is 0. The predicted molar refractivity (Wildman–Crippen MR) is 54.8 cm³/mol. The van der Waals surface area contributed by atoms with Crippen LogP contribution in [0.25, 0.3) is 0 Å². The minimum Gasteiger partial charge on any atom is -0.314 e. The first-order valence-corrected chi connectivity index (χ1v) is 4.99. The third-order valence-electron chi connectivity index (χ3n) is 3.07. The maximum Gasteiger partial charge on any atom is 0 e. The first-order valence-electron chi connectivity index (χ1n) is 4.99. The van der Waals surface area contributed by atoms with Crippen LogP contribution in [0.1, 0.15) is 48.5 Å². The molecule has 0 heterocycles. The van der Waals surface area contributed by atoms with Gasteiger partial charge in [0.05, 0.1) is 0 Å². The van der Waals surface area contributed by atoms with E-state index in [0.29, 0.717) is 10.8 Å². The van der Waals surface area contributed by atoms with Crippen LogP contribution in [0.5, 0.6) is 0 Å². The summed E-state index contributed by atoms with van der Waals surface area (Å²) < 4.78 is 0. The van der Waals surface area contributed by atoms with E-state index in [1.807, 2.05) is 0 Å². The molecule has 1 aliphatic rings. The second-order valence-electron chi connectivity index (χ2n) is 6.43. The molecule has 0 aliphatic heterocycles. The average Bonchev–Trinajstić information content (AvgIpc) is 2.35. The second-order valence-corrected chi connectivity index (χ2v) is 6.43. The van der Waals surface area contributed by atoms with E-state index >= 15 is 0 Å². The molecule has 13 heavy (non-hydrogen) atoms. The van der Waals surface area contributed by atoms with Crippen LogP contribution in [0.4, 0.5) is 0 Å². The van der Waals surface area contributed by atoms with Gasteiger partial charge in [-0.15, -0.1) is 0 Å². The first kappa shape index (κ1) is 13.7. The Labute approximate surface area is 98.1 Å². The average molecular weight is 351 g/mol. The predicted octanol–water partition coefficient (Wildman–Crippen LogP) is 3.92. The fourth-order valence-electron chi connectivity index (χ4n) is 2.75. The van der Waals surface area contributed by atoms with Gasteiger partial charge in [0.1, 0.15) is 0 Å². The molecule has 0 radical (unpaired) electrons. The van der Waals surface area contributed by atoms with Crippen LogP contribution in [0.15, 0.2) is 0 Å². The molecule has 0 spiro atoms. The van der Waals surface area contributed by atoms with Crippen LogP contribution in [0.3, 0.4) is 0 Å². The Balaban J connectivity index is 0.00000144. The quantitative estimate of drug-likeness (QED) is 0.581. The van der Waals surface area contributed by atoms with Gasteiger partial charge in [0.25, 0.3) is 0 Å². The summed E-state index contributed by atoms with van der Waals surface area (Å²) in [5.41, 5.74) is 0.948. The normalized spacial score (nSPS) is 29.8. The molecular weight excluding hydrogens is 328 g/mol. The molecule has 0 saturated heterocycles. The van der Waals surface area contributed by atoms with Crippen LogP contribution in [-0.4, -0.2) is 0 Å². The molecule has 2 unspecified atom stereocenters. The number of hydrogen-bond acceptors (Lipinski definition) is 0. The summed E-state index contributed by atoms with van der Waals surface area (Å²) in [6.07, 6.45) is 0. The van der Waals surface area contributed by atoms with E-state index in [0.717, 1.165) is 11.8 Å². The molecular formula is C12H23W-. The number of hydrogen-bond donors (Lipinski definition) is 0. The van der Waals surface area contributed by atoms with Gasteiger partial charge in [-0.05, 0) is 0 Å². The first-order chi connectivity index (χ1) is 5.15. The van der Waals surface area contributed by atoms with Gasteiger partial charge >= 0.3 is 0 Å². The van der Waals surface area contributed by atoms with E-state index in [9.17, 15) is 0 Å². The molecule has 0 aromatic rings. The van der Waals surface area contributed by atoms with Gasteiger partial charge in [0.15, 0.2) is 0 Å². The Kier molecular flexibility index (Phi) is 3.88. The standard InChI is InChI=1S/C12H23.W/c1-8-9(11(2,3)4)10(8)12(5,6)7;/h9-10H,1-7H3;/q-1;. The van der Waals surface area contributed by atoms with Gasteiger partial charge in [-0.3, -0.25) is 0 Å². The van der Waals surface area contributed by atoms with E-state index < -0.39 is 0 Å². The van der Waals surface area contributed by atoms with Gasteiger partial charge in [-0.25, -0.2) is 0 Å². The molecule has 1 rings (SSSR count). The van der Waals surface area contributed by atoms with E-state index in [1.165, 1.54) is 0 Å². The monoisotopic (exact) mass is 351 g/mol. The molecule has 1 saturated carbocycles. The van der Waals surface area contributed by atoms with Crippen molar-refractivity contribution in [3.8, 4) is 0 Å². The largest absolute Gasteiger partial charge is 0.314 e. The Morgan fingerprint density at radius 2 is 1.00 bits per heavy atom. The summed E-state index contributed by atoms with van der Waals surface area (Å²) in [4.78, 5) is 0. The van der Waals surface area contributed by atoms with Crippen molar-refractivity contribution in [2.24, 2.45) is 22.7 Å². The summed E-state index contributed by atoms with van der Waals surface area (Å²) in [5.74, 6) is 3.44. The van der Waals surface area contributed by atoms with Gasteiger partial charge < -0.3 is 5.92 Å². The van der Waals surface area contributed by atoms with E-state index in [4.69, 9.17) is 0 Å². The Bertz CT molecular complexity index is 151. The van der Waals surface area contributed by atoms with Gasteiger partial charge in [-0.1, -0.05) is 52.4 Å². The maximum atomic E-state index is 2.35. The van der Waals surface area contributed by atoms with E-state index in [2.05, 4.69) is 48.5 Å². The van der Waals surface area contributed by atoms with Crippen molar-refractivity contribution in [1.82, 2.24) is 0 Å². The van der Waals surface area contributed by atoms with Crippen molar-refractivity contribution in [2.75, 3.05) is 0 Å². The molecule has 1 heteroatoms. The Morgan fingerprint density at radius 1 is 0.769 bits per heavy atom. The molecule has 0 bridgehead atoms. The summed E-state index contributed by atoms with van der Waals surface area (Å²) in [7, 11) is 0. The maximum absolute atomic E-state index is 2.35. The Hall–Kier alpha value is 0.688. The summed E-state index contributed by atoms with van der Waals surface area (Å²) in [5, 5.41) is 0. The molecule has 0 N–H and O–H groups in total. The molecule has 0 nitrogen and oxygen atoms in total. The SMILES string of the molecule is C[C-]1C(C(C)(C)C)C1C(C)(C)C.[W]. The van der Waals surface area contributed by atoms with Gasteiger partial charge in [0, 0.05) is 21.1 Å². The van der Waals surface area contributed by atoms with E-state index in [-0.39, 0.29) is 21.1 Å². The zero-order valence-corrected chi connectivity index (χ0v) is 13.0. The minimum atomic E-state index is 0. The zero-order chi connectivity index (χ0) is 9.73. The minimum absolute atomic E-state index is 0. The van der Waals surface area contributed by atoms with Crippen LogP contribution < -0.4 is 0 Å². The van der Waals surface area contributed by atoms with Crippen molar-refractivity contribution >= 4 is 0 Å². The Morgan fingerprint density at radius 3 is 1.08 bits per heavy atom. The number of rotatable bonds is 0. The van der Waals surface area contributed by atoms with Crippen LogP contribution >= 0.6 is 0 Å². The van der Waals surface area contributed by atoms with Crippen molar-refractivity contribution in [3.63, 3.8) is 0 Å². The fraction of sp³-hybridized carbons (Fsp3) is 0.917.